The summed E-state index contributed by atoms with van der Waals surface area (Å²) in [5.74, 6) is 0. The minimum absolute atomic E-state index is 0.276. The predicted molar refractivity (Wildman–Crippen MR) is 82.4 cm³/mol. The topological polar surface area (TPSA) is 32.3 Å². The molecular weight excluding hydrogens is 234 g/mol. The van der Waals surface area contributed by atoms with E-state index >= 15 is 0 Å². The monoisotopic (exact) mass is 263 g/mol. The summed E-state index contributed by atoms with van der Waals surface area (Å²) in [4.78, 5) is 0. The van der Waals surface area contributed by atoms with Crippen molar-refractivity contribution in [3.05, 3.63) is 35.4 Å². The van der Waals surface area contributed by atoms with Crippen LogP contribution in [0.2, 0.25) is 0 Å². The molecule has 1 rings (SSSR count). The average Bonchev–Trinajstić information content (AvgIpc) is 2.43. The van der Waals surface area contributed by atoms with Gasteiger partial charge in [-0.3, -0.25) is 0 Å². The molecule has 0 saturated carbocycles. The standard InChI is InChI=1S/C17H29NO/c1-5-7-8-15-9-11-16(12-10-15)14(3)18-13-17(4,19)6-2/h9-12,14,18-19H,5-8,13H2,1-4H3. The summed E-state index contributed by atoms with van der Waals surface area (Å²) in [6, 6.07) is 9.12. The third-order valence-corrected chi connectivity index (χ3v) is 3.85. The Balaban J connectivity index is 2.50. The van der Waals surface area contributed by atoms with E-state index in [4.69, 9.17) is 0 Å². The van der Waals surface area contributed by atoms with Crippen molar-refractivity contribution in [1.82, 2.24) is 5.32 Å². The minimum Gasteiger partial charge on any atom is -0.389 e. The second kappa shape index (κ2) is 7.66. The van der Waals surface area contributed by atoms with Gasteiger partial charge in [0, 0.05) is 12.6 Å². The van der Waals surface area contributed by atoms with Crippen LogP contribution in [0.5, 0.6) is 0 Å². The van der Waals surface area contributed by atoms with Crippen LogP contribution in [0, 0.1) is 0 Å². The molecule has 0 spiro atoms. The largest absolute Gasteiger partial charge is 0.389 e. The zero-order valence-corrected chi connectivity index (χ0v) is 12.9. The maximum Gasteiger partial charge on any atom is 0.0741 e. The third kappa shape index (κ3) is 5.75. The Morgan fingerprint density at radius 2 is 1.84 bits per heavy atom. The number of unbranched alkanes of at least 4 members (excludes halogenated alkanes) is 1. The highest BCUT2D eigenvalue weighted by Crippen LogP contribution is 2.16. The van der Waals surface area contributed by atoms with E-state index in [1.54, 1.807) is 0 Å². The molecule has 19 heavy (non-hydrogen) atoms. The predicted octanol–water partition coefficient (Wildman–Crippen LogP) is 3.84. The average molecular weight is 263 g/mol. The van der Waals surface area contributed by atoms with Gasteiger partial charge in [0.05, 0.1) is 5.60 Å². The van der Waals surface area contributed by atoms with Gasteiger partial charge in [-0.25, -0.2) is 0 Å². The van der Waals surface area contributed by atoms with E-state index in [0.717, 1.165) is 6.42 Å². The number of hydrogen-bond acceptors (Lipinski definition) is 2. The Morgan fingerprint density at radius 3 is 2.37 bits per heavy atom. The lowest BCUT2D eigenvalue weighted by atomic mass is 10.0. The van der Waals surface area contributed by atoms with Gasteiger partial charge in [-0.15, -0.1) is 0 Å². The summed E-state index contributed by atoms with van der Waals surface area (Å²) in [7, 11) is 0. The van der Waals surface area contributed by atoms with E-state index in [9.17, 15) is 5.11 Å². The normalized spacial score (nSPS) is 16.1. The molecule has 0 aliphatic rings. The number of benzene rings is 1. The molecule has 0 amide bonds. The first-order valence-corrected chi connectivity index (χ1v) is 7.53. The lowest BCUT2D eigenvalue weighted by Crippen LogP contribution is -2.38. The Kier molecular flexibility index (Phi) is 6.53. The number of nitrogens with one attached hydrogen (secondary N) is 1. The molecule has 2 nitrogen and oxygen atoms in total. The highest BCUT2D eigenvalue weighted by molar-refractivity contribution is 5.24. The van der Waals surface area contributed by atoms with E-state index in [0.29, 0.717) is 6.54 Å². The molecule has 0 heterocycles. The van der Waals surface area contributed by atoms with Crippen molar-refractivity contribution in [2.75, 3.05) is 6.54 Å². The summed E-state index contributed by atoms with van der Waals surface area (Å²) in [6.45, 7) is 8.88. The van der Waals surface area contributed by atoms with Crippen molar-refractivity contribution in [2.45, 2.75) is 65.0 Å². The maximum atomic E-state index is 10.00. The molecule has 108 valence electrons. The highest BCUT2D eigenvalue weighted by atomic mass is 16.3. The molecule has 0 aromatic heterocycles. The quantitative estimate of drug-likeness (QED) is 0.747. The van der Waals surface area contributed by atoms with E-state index in [-0.39, 0.29) is 6.04 Å². The van der Waals surface area contributed by atoms with Gasteiger partial charge in [-0.05, 0) is 44.2 Å². The maximum absolute atomic E-state index is 10.00. The molecule has 1 aromatic rings. The number of aliphatic hydroxyl groups is 1. The van der Waals surface area contributed by atoms with Crippen LogP contribution in [0.15, 0.2) is 24.3 Å². The van der Waals surface area contributed by atoms with E-state index in [1.807, 2.05) is 13.8 Å². The van der Waals surface area contributed by atoms with E-state index in [2.05, 4.69) is 43.4 Å². The van der Waals surface area contributed by atoms with Crippen molar-refractivity contribution >= 4 is 0 Å². The molecule has 0 saturated heterocycles. The molecular formula is C17H29NO. The van der Waals surface area contributed by atoms with Gasteiger partial charge < -0.3 is 10.4 Å². The summed E-state index contributed by atoms with van der Waals surface area (Å²) in [6.07, 6.45) is 4.43. The molecule has 0 fully saturated rings. The molecule has 2 unspecified atom stereocenters. The van der Waals surface area contributed by atoms with Gasteiger partial charge in [0.15, 0.2) is 0 Å². The van der Waals surface area contributed by atoms with Crippen LogP contribution >= 0.6 is 0 Å². The second-order valence-electron chi connectivity index (χ2n) is 5.80. The van der Waals surface area contributed by atoms with Gasteiger partial charge >= 0.3 is 0 Å². The molecule has 0 bridgehead atoms. The Labute approximate surface area is 118 Å². The first-order valence-electron chi connectivity index (χ1n) is 7.53. The van der Waals surface area contributed by atoms with Crippen LogP contribution in [-0.4, -0.2) is 17.3 Å². The second-order valence-corrected chi connectivity index (χ2v) is 5.80. The summed E-state index contributed by atoms with van der Waals surface area (Å²) in [5.41, 5.74) is 2.08. The van der Waals surface area contributed by atoms with Gasteiger partial charge in [-0.2, -0.15) is 0 Å². The smallest absolute Gasteiger partial charge is 0.0741 e. The van der Waals surface area contributed by atoms with Gasteiger partial charge in [0.1, 0.15) is 0 Å². The lowest BCUT2D eigenvalue weighted by molar-refractivity contribution is 0.0533. The number of rotatable bonds is 8. The van der Waals surface area contributed by atoms with Crippen LogP contribution in [0.25, 0.3) is 0 Å². The van der Waals surface area contributed by atoms with Crippen molar-refractivity contribution in [1.29, 1.82) is 0 Å². The fourth-order valence-corrected chi connectivity index (χ4v) is 1.97. The van der Waals surface area contributed by atoms with Gasteiger partial charge in [-0.1, -0.05) is 44.5 Å². The Bertz CT molecular complexity index is 356. The molecule has 0 aliphatic heterocycles. The fraction of sp³-hybridized carbons (Fsp3) is 0.647. The number of hydrogen-bond donors (Lipinski definition) is 2. The lowest BCUT2D eigenvalue weighted by Gasteiger charge is -2.24. The molecule has 2 heteroatoms. The Morgan fingerprint density at radius 1 is 1.21 bits per heavy atom. The first-order chi connectivity index (χ1) is 8.98. The van der Waals surface area contributed by atoms with Crippen LogP contribution in [0.4, 0.5) is 0 Å². The van der Waals surface area contributed by atoms with Gasteiger partial charge in [0.2, 0.25) is 0 Å². The van der Waals surface area contributed by atoms with Crippen molar-refractivity contribution in [2.24, 2.45) is 0 Å². The minimum atomic E-state index is -0.616. The highest BCUT2D eigenvalue weighted by Gasteiger charge is 2.18. The Hall–Kier alpha value is -0.860. The molecule has 1 aromatic carbocycles. The van der Waals surface area contributed by atoms with Crippen molar-refractivity contribution in [3.63, 3.8) is 0 Å². The van der Waals surface area contributed by atoms with E-state index in [1.165, 1.54) is 30.4 Å². The molecule has 2 N–H and O–H groups in total. The third-order valence-electron chi connectivity index (χ3n) is 3.85. The SMILES string of the molecule is CCCCc1ccc(C(C)NCC(C)(O)CC)cc1. The first kappa shape index (κ1) is 16.2. The van der Waals surface area contributed by atoms with Crippen LogP contribution < -0.4 is 5.32 Å². The van der Waals surface area contributed by atoms with Crippen LogP contribution in [-0.2, 0) is 6.42 Å². The molecule has 0 aliphatic carbocycles. The fourth-order valence-electron chi connectivity index (χ4n) is 1.97. The summed E-state index contributed by atoms with van der Waals surface area (Å²) in [5, 5.41) is 13.4. The summed E-state index contributed by atoms with van der Waals surface area (Å²) >= 11 is 0. The van der Waals surface area contributed by atoms with Gasteiger partial charge in [0.25, 0.3) is 0 Å². The zero-order valence-electron chi connectivity index (χ0n) is 12.9. The van der Waals surface area contributed by atoms with E-state index < -0.39 is 5.60 Å². The van der Waals surface area contributed by atoms with Crippen molar-refractivity contribution in [3.8, 4) is 0 Å². The zero-order chi connectivity index (χ0) is 14.3. The van der Waals surface area contributed by atoms with Crippen LogP contribution in [0.3, 0.4) is 0 Å². The number of aryl methyl sites for hydroxylation is 1. The van der Waals surface area contributed by atoms with Crippen LogP contribution in [0.1, 0.15) is 64.1 Å². The van der Waals surface area contributed by atoms with Crippen molar-refractivity contribution < 1.29 is 5.11 Å². The molecule has 2 atom stereocenters. The molecule has 0 radical (unpaired) electrons. The summed E-state index contributed by atoms with van der Waals surface area (Å²) < 4.78 is 0.